The molecule has 0 amide bonds. The summed E-state index contributed by atoms with van der Waals surface area (Å²) in [5.41, 5.74) is 2.68. The van der Waals surface area contributed by atoms with Crippen molar-refractivity contribution in [2.75, 3.05) is 23.8 Å². The molecule has 3 aromatic rings. The van der Waals surface area contributed by atoms with Gasteiger partial charge in [-0.25, -0.2) is 17.2 Å². The molecule has 3 aromatic carbocycles. The summed E-state index contributed by atoms with van der Waals surface area (Å²) in [5, 5.41) is 3.28. The van der Waals surface area contributed by atoms with E-state index in [0.29, 0.717) is 42.6 Å². The van der Waals surface area contributed by atoms with E-state index >= 15 is 0 Å². The molecule has 2 aliphatic rings. The van der Waals surface area contributed by atoms with Crippen LogP contribution in [-0.4, -0.2) is 28.0 Å². The second-order valence-electron chi connectivity index (χ2n) is 7.94. The number of hydrogen-bond acceptors (Lipinski definition) is 5. The number of anilines is 2. The zero-order valence-electron chi connectivity index (χ0n) is 18.1. The Balaban J connectivity index is 1.40. The summed E-state index contributed by atoms with van der Waals surface area (Å²) >= 11 is 0. The Morgan fingerprint density at radius 1 is 1.09 bits per heavy atom. The third kappa shape index (κ3) is 4.16. The molecule has 0 saturated heterocycles. The van der Waals surface area contributed by atoms with Crippen LogP contribution < -0.4 is 19.5 Å². The third-order valence-electron chi connectivity index (χ3n) is 5.75. The van der Waals surface area contributed by atoms with Gasteiger partial charge < -0.3 is 14.8 Å². The maximum absolute atomic E-state index is 13.5. The molecular weight excluding hydrogens is 464 g/mol. The van der Waals surface area contributed by atoms with E-state index < -0.39 is 26.6 Å². The van der Waals surface area contributed by atoms with Gasteiger partial charge in [0.25, 0.3) is 10.0 Å². The summed E-state index contributed by atoms with van der Waals surface area (Å²) in [6.45, 7) is 0.401. The topological polar surface area (TPSA) is 89.0 Å². The number of rotatable bonds is 5. The van der Waals surface area contributed by atoms with Crippen LogP contribution >= 0.6 is 0 Å². The number of nitrogens with zero attached hydrogens (tertiary/aromatic N) is 1. The van der Waals surface area contributed by atoms with E-state index in [1.165, 1.54) is 0 Å². The summed E-state index contributed by atoms with van der Waals surface area (Å²) in [6, 6.07) is 12.7. The van der Waals surface area contributed by atoms with Crippen LogP contribution in [0.15, 0.2) is 64.5 Å². The Hall–Kier alpha value is -3.66. The molecule has 2 aliphatic heterocycles. The first-order valence-corrected chi connectivity index (χ1v) is 12.1. The van der Waals surface area contributed by atoms with E-state index in [-0.39, 0.29) is 6.04 Å². The van der Waals surface area contributed by atoms with E-state index in [4.69, 9.17) is 14.5 Å². The van der Waals surface area contributed by atoms with Gasteiger partial charge in [-0.2, -0.15) is 0 Å². The average Bonchev–Trinajstić information content (AvgIpc) is 3.21. The van der Waals surface area contributed by atoms with E-state index in [9.17, 15) is 17.2 Å². The second kappa shape index (κ2) is 8.60. The Bertz CT molecular complexity index is 1390. The first-order valence-electron chi connectivity index (χ1n) is 10.6. The van der Waals surface area contributed by atoms with Gasteiger partial charge in [-0.15, -0.1) is 0 Å². The molecule has 0 spiro atoms. The van der Waals surface area contributed by atoms with E-state index in [1.807, 2.05) is 24.3 Å². The molecular formula is C24H21F2N3O4S. The van der Waals surface area contributed by atoms with Crippen LogP contribution in [0.3, 0.4) is 0 Å². The van der Waals surface area contributed by atoms with Crippen molar-refractivity contribution in [1.29, 1.82) is 0 Å². The minimum absolute atomic E-state index is 0.222. The number of fused-ring (bicyclic) bond motifs is 2. The van der Waals surface area contributed by atoms with Gasteiger partial charge in [-0.05, 0) is 42.8 Å². The summed E-state index contributed by atoms with van der Waals surface area (Å²) in [5.74, 6) is 0.271. The highest BCUT2D eigenvalue weighted by atomic mass is 32.2. The van der Waals surface area contributed by atoms with Crippen LogP contribution in [0.5, 0.6) is 11.5 Å². The normalized spacial score (nSPS) is 18.0. The summed E-state index contributed by atoms with van der Waals surface area (Å²) < 4.78 is 66.3. The lowest BCUT2D eigenvalue weighted by atomic mass is 10.0. The molecule has 34 heavy (non-hydrogen) atoms. The maximum Gasteiger partial charge on any atom is 0.262 e. The Labute approximate surface area is 195 Å². The molecule has 176 valence electrons. The second-order valence-corrected chi connectivity index (χ2v) is 9.62. The number of ether oxygens (including phenoxy) is 2. The Kier molecular flexibility index (Phi) is 5.60. The Morgan fingerprint density at radius 3 is 2.62 bits per heavy atom. The van der Waals surface area contributed by atoms with Gasteiger partial charge in [0.15, 0.2) is 0 Å². The van der Waals surface area contributed by atoms with Crippen LogP contribution in [0.2, 0.25) is 0 Å². The minimum Gasteiger partial charge on any atom is -0.496 e. The lowest BCUT2D eigenvalue weighted by Gasteiger charge is -2.24. The number of halogens is 2. The highest BCUT2D eigenvalue weighted by molar-refractivity contribution is 7.92. The van der Waals surface area contributed by atoms with E-state index in [0.717, 1.165) is 34.8 Å². The lowest BCUT2D eigenvalue weighted by Crippen LogP contribution is -2.23. The zero-order chi connectivity index (χ0) is 23.9. The molecule has 0 fully saturated rings. The van der Waals surface area contributed by atoms with Crippen LogP contribution in [-0.2, 0) is 16.4 Å². The quantitative estimate of drug-likeness (QED) is 0.549. The SMILES string of the molecule is COc1cccc2c1C(N=C1CCc3c(cccc3NS(=O)(=O)c3cc(F)cc(F)c3)N1)CO2. The molecule has 2 heterocycles. The van der Waals surface area contributed by atoms with Crippen LogP contribution in [0, 0.1) is 11.6 Å². The third-order valence-corrected chi connectivity index (χ3v) is 7.09. The predicted molar refractivity (Wildman–Crippen MR) is 124 cm³/mol. The fourth-order valence-corrected chi connectivity index (χ4v) is 5.35. The number of sulfonamides is 1. The molecule has 1 atom stereocenters. The zero-order valence-corrected chi connectivity index (χ0v) is 19.0. The van der Waals surface area contributed by atoms with Gasteiger partial charge in [-0.1, -0.05) is 12.1 Å². The fourth-order valence-electron chi connectivity index (χ4n) is 4.21. The summed E-state index contributed by atoms with van der Waals surface area (Å²) in [6.07, 6.45) is 1.06. The number of amidine groups is 1. The van der Waals surface area contributed by atoms with Gasteiger partial charge in [-0.3, -0.25) is 9.71 Å². The Morgan fingerprint density at radius 2 is 1.85 bits per heavy atom. The molecule has 0 radical (unpaired) electrons. The van der Waals surface area contributed by atoms with E-state index in [1.54, 1.807) is 19.2 Å². The minimum atomic E-state index is -4.18. The highest BCUT2D eigenvalue weighted by Crippen LogP contribution is 2.41. The molecule has 10 heteroatoms. The standard InChI is InChI=1S/C24H21F2N3O4S/c1-32-21-6-3-7-22-24(21)20(13-33-22)28-23-9-8-17-18(27-23)4-2-5-19(17)29-34(30,31)16-11-14(25)10-15(26)12-16/h2-7,10-12,20,29H,8-9,13H2,1H3,(H,27,28). The molecule has 0 aromatic heterocycles. The van der Waals surface area contributed by atoms with Crippen molar-refractivity contribution in [3.8, 4) is 11.5 Å². The number of benzene rings is 3. The first-order chi connectivity index (χ1) is 16.3. The van der Waals surface area contributed by atoms with Gasteiger partial charge >= 0.3 is 0 Å². The number of methoxy groups -OCH3 is 1. The highest BCUT2D eigenvalue weighted by Gasteiger charge is 2.29. The van der Waals surface area contributed by atoms with Crippen molar-refractivity contribution in [3.05, 3.63) is 77.4 Å². The monoisotopic (exact) mass is 485 g/mol. The lowest BCUT2D eigenvalue weighted by molar-refractivity contribution is 0.333. The van der Waals surface area contributed by atoms with Crippen molar-refractivity contribution in [2.45, 2.75) is 23.8 Å². The molecule has 0 saturated carbocycles. The van der Waals surface area contributed by atoms with Crippen molar-refractivity contribution in [2.24, 2.45) is 4.99 Å². The van der Waals surface area contributed by atoms with Crippen molar-refractivity contribution >= 4 is 27.2 Å². The van der Waals surface area contributed by atoms with Gasteiger partial charge in [0.05, 0.1) is 23.3 Å². The average molecular weight is 486 g/mol. The molecule has 0 bridgehead atoms. The fraction of sp³-hybridized carbons (Fsp3) is 0.208. The van der Waals surface area contributed by atoms with Gasteiger partial charge in [0, 0.05) is 23.7 Å². The maximum atomic E-state index is 13.5. The van der Waals surface area contributed by atoms with Gasteiger partial charge in [0.2, 0.25) is 0 Å². The van der Waals surface area contributed by atoms with Crippen molar-refractivity contribution in [1.82, 2.24) is 0 Å². The van der Waals surface area contributed by atoms with Crippen molar-refractivity contribution < 1.29 is 26.7 Å². The molecule has 0 aliphatic carbocycles. The number of aliphatic imine (C=N–C) groups is 1. The van der Waals surface area contributed by atoms with Crippen molar-refractivity contribution in [3.63, 3.8) is 0 Å². The predicted octanol–water partition coefficient (Wildman–Crippen LogP) is 4.66. The number of nitrogens with one attached hydrogen (secondary N) is 2. The van der Waals surface area contributed by atoms with Crippen LogP contribution in [0.4, 0.5) is 20.2 Å². The van der Waals surface area contributed by atoms with Gasteiger partial charge in [0.1, 0.15) is 41.6 Å². The molecule has 7 nitrogen and oxygen atoms in total. The summed E-state index contributed by atoms with van der Waals surface area (Å²) in [7, 11) is -2.58. The smallest absolute Gasteiger partial charge is 0.262 e. The first kappa shape index (κ1) is 22.1. The van der Waals surface area contributed by atoms with Crippen LogP contribution in [0.1, 0.15) is 23.6 Å². The van der Waals surface area contributed by atoms with Crippen LogP contribution in [0.25, 0.3) is 0 Å². The number of hydrogen-bond donors (Lipinski definition) is 2. The summed E-state index contributed by atoms with van der Waals surface area (Å²) in [4.78, 5) is 4.35. The molecule has 5 rings (SSSR count). The molecule has 1 unspecified atom stereocenters. The molecule has 2 N–H and O–H groups in total. The largest absolute Gasteiger partial charge is 0.496 e. The van der Waals surface area contributed by atoms with E-state index in [2.05, 4.69) is 10.0 Å².